The summed E-state index contributed by atoms with van der Waals surface area (Å²) in [7, 11) is 1.46. The van der Waals surface area contributed by atoms with Crippen LogP contribution in [-0.2, 0) is 4.79 Å². The molecule has 2 rings (SSSR count). The standard InChI is InChI=1S/C17H17Br2N3O3/c1-10-13(18)6-12(7-14(10)19)20-9-17(24)22-21-8-11-3-4-15(23)16(5-11)25-2/h3-8,20,23H,9H2,1-2H3,(H,22,24)/b21-8-. The largest absolute Gasteiger partial charge is 0.504 e. The van der Waals surface area contributed by atoms with E-state index in [0.29, 0.717) is 11.3 Å². The van der Waals surface area contributed by atoms with Crippen LogP contribution < -0.4 is 15.5 Å². The number of phenolic OH excluding ortho intramolecular Hbond substituents is 1. The minimum absolute atomic E-state index is 0.0447. The average Bonchev–Trinajstić information content (AvgIpc) is 2.59. The van der Waals surface area contributed by atoms with Crippen molar-refractivity contribution in [1.82, 2.24) is 5.43 Å². The quantitative estimate of drug-likeness (QED) is 0.443. The molecule has 0 aliphatic rings. The van der Waals surface area contributed by atoms with Crippen molar-refractivity contribution in [1.29, 1.82) is 0 Å². The molecule has 0 bridgehead atoms. The third-order valence-corrected chi connectivity index (χ3v) is 4.99. The van der Waals surface area contributed by atoms with E-state index >= 15 is 0 Å². The van der Waals surface area contributed by atoms with E-state index in [1.54, 1.807) is 12.1 Å². The fourth-order valence-corrected chi connectivity index (χ4v) is 3.11. The van der Waals surface area contributed by atoms with E-state index < -0.39 is 0 Å². The van der Waals surface area contributed by atoms with Gasteiger partial charge in [0.1, 0.15) is 0 Å². The number of benzene rings is 2. The van der Waals surface area contributed by atoms with Crippen LogP contribution in [0.1, 0.15) is 11.1 Å². The van der Waals surface area contributed by atoms with Crippen molar-refractivity contribution in [3.8, 4) is 11.5 Å². The van der Waals surface area contributed by atoms with Crippen LogP contribution in [0.3, 0.4) is 0 Å². The molecule has 25 heavy (non-hydrogen) atoms. The van der Waals surface area contributed by atoms with Crippen molar-refractivity contribution in [2.45, 2.75) is 6.92 Å². The van der Waals surface area contributed by atoms with Gasteiger partial charge in [0, 0.05) is 14.6 Å². The Hall–Kier alpha value is -2.06. The second-order valence-corrected chi connectivity index (χ2v) is 6.85. The van der Waals surface area contributed by atoms with Gasteiger partial charge in [-0.1, -0.05) is 31.9 Å². The maximum atomic E-state index is 11.8. The second-order valence-electron chi connectivity index (χ2n) is 5.14. The summed E-state index contributed by atoms with van der Waals surface area (Å²) in [5, 5.41) is 16.4. The van der Waals surface area contributed by atoms with Gasteiger partial charge in [0.25, 0.3) is 5.91 Å². The van der Waals surface area contributed by atoms with Gasteiger partial charge < -0.3 is 15.2 Å². The molecule has 0 spiro atoms. The molecule has 0 fully saturated rings. The normalized spacial score (nSPS) is 10.7. The summed E-state index contributed by atoms with van der Waals surface area (Å²) in [4.78, 5) is 11.8. The van der Waals surface area contributed by atoms with E-state index in [2.05, 4.69) is 47.7 Å². The minimum Gasteiger partial charge on any atom is -0.504 e. The SMILES string of the molecule is COc1cc(/C=N\NC(=O)CNc2cc(Br)c(C)c(Br)c2)ccc1O. The van der Waals surface area contributed by atoms with Crippen molar-refractivity contribution in [2.75, 3.05) is 19.0 Å². The van der Waals surface area contributed by atoms with Gasteiger partial charge in [0.15, 0.2) is 11.5 Å². The lowest BCUT2D eigenvalue weighted by molar-refractivity contribution is -0.119. The molecule has 8 heteroatoms. The number of ether oxygens (including phenoxy) is 1. The number of nitrogens with one attached hydrogen (secondary N) is 2. The Morgan fingerprint density at radius 1 is 1.28 bits per heavy atom. The molecule has 0 saturated heterocycles. The maximum absolute atomic E-state index is 11.8. The van der Waals surface area contributed by atoms with E-state index in [0.717, 1.165) is 20.2 Å². The molecule has 2 aromatic carbocycles. The number of methoxy groups -OCH3 is 1. The Kier molecular flexibility index (Phi) is 6.83. The first-order chi connectivity index (χ1) is 11.9. The lowest BCUT2D eigenvalue weighted by atomic mass is 10.2. The molecule has 1 amide bonds. The first-order valence-electron chi connectivity index (χ1n) is 7.29. The van der Waals surface area contributed by atoms with Crippen LogP contribution in [0.15, 0.2) is 44.4 Å². The number of carbonyl (C=O) groups is 1. The van der Waals surface area contributed by atoms with Crippen LogP contribution >= 0.6 is 31.9 Å². The van der Waals surface area contributed by atoms with Gasteiger partial charge in [-0.25, -0.2) is 5.43 Å². The molecule has 0 aliphatic carbocycles. The number of carbonyl (C=O) groups excluding carboxylic acids is 1. The first-order valence-corrected chi connectivity index (χ1v) is 8.87. The smallest absolute Gasteiger partial charge is 0.259 e. The molecular weight excluding hydrogens is 454 g/mol. The van der Waals surface area contributed by atoms with Crippen molar-refractivity contribution in [2.24, 2.45) is 5.10 Å². The van der Waals surface area contributed by atoms with E-state index in [1.807, 2.05) is 19.1 Å². The second kappa shape index (κ2) is 8.87. The van der Waals surface area contributed by atoms with Gasteiger partial charge in [-0.2, -0.15) is 5.10 Å². The lowest BCUT2D eigenvalue weighted by Crippen LogP contribution is -2.25. The Bertz CT molecular complexity index is 787. The van der Waals surface area contributed by atoms with Gasteiger partial charge in [-0.05, 0) is 48.4 Å². The highest BCUT2D eigenvalue weighted by Gasteiger charge is 2.05. The average molecular weight is 471 g/mol. The summed E-state index contributed by atoms with van der Waals surface area (Å²) in [5.41, 5.74) is 5.02. The Morgan fingerprint density at radius 3 is 2.60 bits per heavy atom. The predicted molar refractivity (Wildman–Crippen MR) is 105 cm³/mol. The number of hydrogen-bond acceptors (Lipinski definition) is 5. The molecule has 132 valence electrons. The summed E-state index contributed by atoms with van der Waals surface area (Å²) in [6, 6.07) is 8.58. The van der Waals surface area contributed by atoms with Crippen molar-refractivity contribution >= 4 is 49.7 Å². The number of nitrogens with zero attached hydrogens (tertiary/aromatic N) is 1. The molecule has 6 nitrogen and oxygen atoms in total. The molecule has 0 radical (unpaired) electrons. The summed E-state index contributed by atoms with van der Waals surface area (Å²) in [6.07, 6.45) is 1.47. The Morgan fingerprint density at radius 2 is 1.96 bits per heavy atom. The molecule has 0 heterocycles. The van der Waals surface area contributed by atoms with Crippen LogP contribution in [0.4, 0.5) is 5.69 Å². The fraction of sp³-hybridized carbons (Fsp3) is 0.176. The van der Waals surface area contributed by atoms with Gasteiger partial charge in [-0.3, -0.25) is 4.79 Å². The molecule has 0 aromatic heterocycles. The maximum Gasteiger partial charge on any atom is 0.259 e. The molecule has 3 N–H and O–H groups in total. The molecular formula is C17H17Br2N3O3. The summed E-state index contributed by atoms with van der Waals surface area (Å²) < 4.78 is 6.91. The van der Waals surface area contributed by atoms with E-state index in [4.69, 9.17) is 4.74 Å². The number of phenols is 1. The van der Waals surface area contributed by atoms with E-state index in [9.17, 15) is 9.90 Å². The van der Waals surface area contributed by atoms with Gasteiger partial charge >= 0.3 is 0 Å². The van der Waals surface area contributed by atoms with Crippen molar-refractivity contribution in [3.05, 3.63) is 50.4 Å². The van der Waals surface area contributed by atoms with Gasteiger partial charge in [-0.15, -0.1) is 0 Å². The number of anilines is 1. The minimum atomic E-state index is -0.283. The topological polar surface area (TPSA) is 83.0 Å². The molecule has 0 saturated carbocycles. The molecule has 0 unspecified atom stereocenters. The highest BCUT2D eigenvalue weighted by atomic mass is 79.9. The molecule has 0 aliphatic heterocycles. The summed E-state index contributed by atoms with van der Waals surface area (Å²) >= 11 is 6.93. The highest BCUT2D eigenvalue weighted by Crippen LogP contribution is 2.28. The van der Waals surface area contributed by atoms with E-state index in [1.165, 1.54) is 19.4 Å². The molecule has 0 atom stereocenters. The van der Waals surface area contributed by atoms with Crippen molar-refractivity contribution < 1.29 is 14.6 Å². The monoisotopic (exact) mass is 469 g/mol. The van der Waals surface area contributed by atoms with Gasteiger partial charge in [0.05, 0.1) is 19.9 Å². The number of rotatable bonds is 6. The number of halogens is 2. The Balaban J connectivity index is 1.88. The number of aromatic hydroxyl groups is 1. The lowest BCUT2D eigenvalue weighted by Gasteiger charge is -2.09. The van der Waals surface area contributed by atoms with E-state index in [-0.39, 0.29) is 18.2 Å². The van der Waals surface area contributed by atoms with Crippen LogP contribution in [0, 0.1) is 6.92 Å². The zero-order valence-electron chi connectivity index (χ0n) is 13.6. The number of hydrazone groups is 1. The highest BCUT2D eigenvalue weighted by molar-refractivity contribution is 9.11. The molecule has 2 aromatic rings. The summed E-state index contributed by atoms with van der Waals surface area (Å²) in [6.45, 7) is 2.07. The van der Waals surface area contributed by atoms with Gasteiger partial charge in [0.2, 0.25) is 0 Å². The third-order valence-electron chi connectivity index (χ3n) is 3.34. The van der Waals surface area contributed by atoms with Crippen LogP contribution in [0.5, 0.6) is 11.5 Å². The van der Waals surface area contributed by atoms with Crippen LogP contribution in [0.25, 0.3) is 0 Å². The number of amides is 1. The predicted octanol–water partition coefficient (Wildman–Crippen LogP) is 3.80. The zero-order chi connectivity index (χ0) is 18.4. The third kappa shape index (κ3) is 5.47. The Labute approximate surface area is 162 Å². The van der Waals surface area contributed by atoms with Crippen LogP contribution in [0.2, 0.25) is 0 Å². The van der Waals surface area contributed by atoms with Crippen LogP contribution in [-0.4, -0.2) is 30.9 Å². The summed E-state index contributed by atoms with van der Waals surface area (Å²) in [5.74, 6) is 0.102. The fourth-order valence-electron chi connectivity index (χ4n) is 1.92. The number of hydrogen-bond donors (Lipinski definition) is 3. The first kappa shape index (κ1) is 19.3. The van der Waals surface area contributed by atoms with Crippen molar-refractivity contribution in [3.63, 3.8) is 0 Å². The zero-order valence-corrected chi connectivity index (χ0v) is 16.8.